The Labute approximate surface area is 277 Å². The number of ketones is 1. The molecule has 0 aromatic rings. The van der Waals surface area contributed by atoms with Crippen LogP contribution in [0, 0.1) is 28.6 Å². The smallest absolute Gasteiger partial charge is 0.348 e. The van der Waals surface area contributed by atoms with Gasteiger partial charge in [-0.25, -0.2) is 19.2 Å². The minimum Gasteiger partial charge on any atom is -0.467 e. The van der Waals surface area contributed by atoms with Gasteiger partial charge in [0.15, 0.2) is 17.5 Å². The Morgan fingerprint density at radius 1 is 1.17 bits per heavy atom. The van der Waals surface area contributed by atoms with Crippen LogP contribution in [0.2, 0.25) is 0 Å². The lowest BCUT2D eigenvalue weighted by Gasteiger charge is -2.67. The zero-order valence-electron chi connectivity index (χ0n) is 27.6. The lowest BCUT2D eigenvalue weighted by atomic mass is 9.38. The van der Waals surface area contributed by atoms with Gasteiger partial charge in [-0.1, -0.05) is 12.5 Å². The van der Waals surface area contributed by atoms with Crippen LogP contribution in [0.5, 0.6) is 0 Å². The molecule has 2 saturated carbocycles. The summed E-state index contributed by atoms with van der Waals surface area (Å²) < 4.78 is 28.4. The van der Waals surface area contributed by atoms with Crippen molar-refractivity contribution in [2.24, 2.45) is 50.8 Å². The molecule has 1 unspecified atom stereocenters. The van der Waals surface area contributed by atoms with Gasteiger partial charge in [0, 0.05) is 30.4 Å². The van der Waals surface area contributed by atoms with E-state index in [1.165, 1.54) is 6.08 Å². The van der Waals surface area contributed by atoms with Gasteiger partial charge in [0.1, 0.15) is 18.2 Å². The third kappa shape index (κ3) is 5.20. The number of carbonyl (C=O) groups is 5. The molecule has 2 aliphatic heterocycles. The van der Waals surface area contributed by atoms with Crippen molar-refractivity contribution in [3.63, 3.8) is 0 Å². The van der Waals surface area contributed by atoms with Crippen LogP contribution in [0.3, 0.4) is 0 Å². The minimum absolute atomic E-state index is 0.0814. The van der Waals surface area contributed by atoms with Gasteiger partial charge in [-0.3, -0.25) is 9.79 Å². The monoisotopic (exact) mass is 676 g/mol. The molecule has 5 aliphatic rings. The van der Waals surface area contributed by atoms with E-state index in [1.807, 2.05) is 0 Å². The van der Waals surface area contributed by atoms with Gasteiger partial charge in [0.25, 0.3) is 0 Å². The van der Waals surface area contributed by atoms with Gasteiger partial charge < -0.3 is 51.1 Å². The highest BCUT2D eigenvalue weighted by Crippen LogP contribution is 2.72. The van der Waals surface area contributed by atoms with Crippen LogP contribution in [0.1, 0.15) is 53.4 Å². The number of allylic oxidation sites excluding steroid dienone is 3. The van der Waals surface area contributed by atoms with Gasteiger partial charge in [-0.2, -0.15) is 0 Å². The Kier molecular flexibility index (Phi) is 9.27. The summed E-state index contributed by atoms with van der Waals surface area (Å²) in [5.41, 5.74) is 12.8. The number of Topliss-reactive ketones (excluding diaryl/α,β-unsaturated/α-hetero) is 1. The van der Waals surface area contributed by atoms with E-state index in [-0.39, 0.29) is 44.1 Å². The molecule has 2 heterocycles. The highest BCUT2D eigenvalue weighted by atomic mass is 16.6. The number of esters is 4. The molecule has 0 aromatic heterocycles. The van der Waals surface area contributed by atoms with Crippen molar-refractivity contribution in [3.8, 4) is 0 Å². The molecule has 0 amide bonds. The second kappa shape index (κ2) is 12.5. The largest absolute Gasteiger partial charge is 0.467 e. The Balaban J connectivity index is 1.55. The third-order valence-electron chi connectivity index (χ3n) is 10.9. The van der Waals surface area contributed by atoms with Crippen LogP contribution in [0.15, 0.2) is 28.0 Å². The number of aliphatic hydroxyl groups excluding tert-OH is 2. The lowest BCUT2D eigenvalue weighted by Crippen LogP contribution is -2.79. The van der Waals surface area contributed by atoms with Gasteiger partial charge in [-0.05, 0) is 56.9 Å². The number of ether oxygens (including phenoxy) is 5. The fourth-order valence-corrected chi connectivity index (χ4v) is 9.19. The summed E-state index contributed by atoms with van der Waals surface area (Å²) >= 11 is 0. The molecule has 11 atom stereocenters. The fraction of sp³-hybridized carbons (Fsp3) is 0.688. The average molecular weight is 677 g/mol. The van der Waals surface area contributed by atoms with Crippen LogP contribution in [-0.4, -0.2) is 102 Å². The fourth-order valence-electron chi connectivity index (χ4n) is 9.19. The Hall–Kier alpha value is -3.86. The standard InChI is InChI=1S/C32H44N4O12/c1-13(2)9-19(38)47-22-24-31-12-45-32(24,28(43)44-5)25(40)20(39)23(31)30(4)11-17(37)21(14(3)15(30)10-18(31)46-27(22)42)48-26(41)16(33)7-6-8-36-29(34)35/h9,15-16,18,20,22-25,39-40H,6-8,10-12,33H2,1-5H3,(H4,34,35,36)/t15-,16-,18+,20+,22+,23?,24+,25-,30-,31+,32-/m0/s1. The maximum atomic E-state index is 13.8. The predicted octanol–water partition coefficient (Wildman–Crippen LogP) is -1.12. The molecular weight excluding hydrogens is 632 g/mol. The first kappa shape index (κ1) is 35.4. The van der Waals surface area contributed by atoms with E-state index in [1.54, 1.807) is 27.7 Å². The van der Waals surface area contributed by atoms with Gasteiger partial charge in [-0.15, -0.1) is 0 Å². The molecule has 5 rings (SSSR count). The number of aliphatic imine (C=N–C) groups is 1. The number of guanidine groups is 1. The number of nitrogens with two attached hydrogens (primary N) is 3. The second-order valence-corrected chi connectivity index (χ2v) is 14.0. The number of rotatable bonds is 9. The van der Waals surface area contributed by atoms with Crippen molar-refractivity contribution in [2.75, 3.05) is 20.3 Å². The molecule has 264 valence electrons. The van der Waals surface area contributed by atoms with E-state index in [2.05, 4.69) is 4.99 Å². The Morgan fingerprint density at radius 3 is 2.48 bits per heavy atom. The number of nitrogens with zero attached hydrogens (tertiary/aromatic N) is 1. The quantitative estimate of drug-likeness (QED) is 0.0484. The maximum absolute atomic E-state index is 13.8. The van der Waals surface area contributed by atoms with Gasteiger partial charge in [0.05, 0.1) is 25.7 Å². The van der Waals surface area contributed by atoms with Crippen molar-refractivity contribution in [1.29, 1.82) is 0 Å². The highest BCUT2D eigenvalue weighted by molar-refractivity contribution is 5.98. The number of hydrogen-bond donors (Lipinski definition) is 5. The summed E-state index contributed by atoms with van der Waals surface area (Å²) in [6.45, 7) is 6.66. The summed E-state index contributed by atoms with van der Waals surface area (Å²) in [5, 5.41) is 23.7. The number of carbonyl (C=O) groups excluding carboxylic acids is 5. The van der Waals surface area contributed by atoms with Crippen LogP contribution in [0.25, 0.3) is 0 Å². The number of methoxy groups -OCH3 is 1. The van der Waals surface area contributed by atoms with Crippen molar-refractivity contribution in [1.82, 2.24) is 0 Å². The van der Waals surface area contributed by atoms with Crippen molar-refractivity contribution >= 4 is 35.6 Å². The maximum Gasteiger partial charge on any atom is 0.348 e. The van der Waals surface area contributed by atoms with E-state index in [0.29, 0.717) is 17.6 Å². The normalized spacial score (nSPS) is 38.5. The molecular formula is C32H44N4O12. The Bertz CT molecular complexity index is 1500. The molecule has 2 saturated heterocycles. The number of fused-ring (bicyclic) bond motifs is 2. The molecule has 2 bridgehead atoms. The first-order chi connectivity index (χ1) is 22.5. The van der Waals surface area contributed by atoms with Gasteiger partial charge >= 0.3 is 23.9 Å². The summed E-state index contributed by atoms with van der Waals surface area (Å²) in [6, 6.07) is -1.07. The minimum atomic E-state index is -2.29. The summed E-state index contributed by atoms with van der Waals surface area (Å²) in [6.07, 6.45) is -4.77. The van der Waals surface area contributed by atoms with E-state index in [4.69, 9.17) is 40.9 Å². The first-order valence-electron chi connectivity index (χ1n) is 15.9. The second-order valence-electron chi connectivity index (χ2n) is 14.0. The molecule has 3 aliphatic carbocycles. The van der Waals surface area contributed by atoms with E-state index >= 15 is 0 Å². The van der Waals surface area contributed by atoms with Crippen LogP contribution in [0.4, 0.5) is 0 Å². The average Bonchev–Trinajstić information content (AvgIpc) is 3.31. The molecule has 4 fully saturated rings. The van der Waals surface area contributed by atoms with E-state index in [9.17, 15) is 34.2 Å². The molecule has 1 spiro atoms. The van der Waals surface area contributed by atoms with Crippen LogP contribution < -0.4 is 17.2 Å². The summed E-state index contributed by atoms with van der Waals surface area (Å²) in [4.78, 5) is 70.7. The lowest BCUT2D eigenvalue weighted by molar-refractivity contribution is -0.290. The topological polar surface area (TPSA) is 262 Å². The van der Waals surface area contributed by atoms with Crippen molar-refractivity contribution in [3.05, 3.63) is 23.0 Å². The molecule has 16 heteroatoms. The van der Waals surface area contributed by atoms with Gasteiger partial charge in [0.2, 0.25) is 11.7 Å². The molecule has 0 radical (unpaired) electrons. The number of aliphatic hydroxyl groups is 2. The third-order valence-corrected chi connectivity index (χ3v) is 10.9. The summed E-state index contributed by atoms with van der Waals surface area (Å²) in [7, 11) is 1.07. The highest BCUT2D eigenvalue weighted by Gasteiger charge is 2.85. The van der Waals surface area contributed by atoms with E-state index < -0.39 is 94.3 Å². The molecule has 48 heavy (non-hydrogen) atoms. The zero-order chi connectivity index (χ0) is 35.5. The SMILES string of the molecule is COC(=O)[C@@]12OC[C@]34C([C@@H](O)[C@@H]1O)[C@@]1(C)CC(=O)C(OC(=O)[C@@H](N)CCCN=C(N)N)=C(C)[C@@H]1C[C@H]3OC(=O)[C@H](OC(=O)C=C(C)C)[C@@H]24. The van der Waals surface area contributed by atoms with Crippen molar-refractivity contribution in [2.45, 2.75) is 89.4 Å². The van der Waals surface area contributed by atoms with Crippen LogP contribution >= 0.6 is 0 Å². The zero-order valence-corrected chi connectivity index (χ0v) is 27.6. The van der Waals surface area contributed by atoms with Crippen molar-refractivity contribution < 1.29 is 57.9 Å². The van der Waals surface area contributed by atoms with E-state index in [0.717, 1.165) is 7.11 Å². The number of hydrogen-bond acceptors (Lipinski definition) is 14. The summed E-state index contributed by atoms with van der Waals surface area (Å²) in [5.74, 6) is -7.53. The Morgan fingerprint density at radius 2 is 1.85 bits per heavy atom. The predicted molar refractivity (Wildman–Crippen MR) is 164 cm³/mol. The molecule has 16 nitrogen and oxygen atoms in total. The molecule has 8 N–H and O–H groups in total. The van der Waals surface area contributed by atoms with Crippen LogP contribution in [-0.2, 0) is 47.7 Å². The first-order valence-corrected chi connectivity index (χ1v) is 15.9. The molecule has 0 aromatic carbocycles.